The van der Waals surface area contributed by atoms with Crippen LogP contribution in [0.5, 0.6) is 23.0 Å². The van der Waals surface area contributed by atoms with Crippen LogP contribution in [0.25, 0.3) is 0 Å². The van der Waals surface area contributed by atoms with Crippen LogP contribution < -0.4 is 24.3 Å². The molecule has 4 aliphatic rings. The van der Waals surface area contributed by atoms with Crippen LogP contribution >= 0.6 is 0 Å². The first kappa shape index (κ1) is 29.7. The van der Waals surface area contributed by atoms with Crippen molar-refractivity contribution in [3.8, 4) is 23.0 Å². The van der Waals surface area contributed by atoms with Gasteiger partial charge in [0.25, 0.3) is 5.91 Å². The first-order valence-corrected chi connectivity index (χ1v) is 14.9. The third-order valence-electron chi connectivity index (χ3n) is 8.53. The van der Waals surface area contributed by atoms with Crippen LogP contribution in [0.3, 0.4) is 0 Å². The molecule has 11 heteroatoms. The number of methoxy groups -OCH3 is 2. The van der Waals surface area contributed by atoms with Gasteiger partial charge in [-0.15, -0.1) is 0 Å². The molecule has 4 aliphatic heterocycles. The maximum Gasteiger partial charge on any atom is 0.257 e. The molecule has 2 aromatic rings. The van der Waals surface area contributed by atoms with E-state index in [2.05, 4.69) is 23.5 Å². The monoisotopic (exact) mass is 602 g/mol. The number of nitrogens with one attached hydrogen (secondary N) is 1. The molecule has 232 valence electrons. The topological polar surface area (TPSA) is 122 Å². The second-order valence-corrected chi connectivity index (χ2v) is 11.6. The van der Waals surface area contributed by atoms with E-state index in [9.17, 15) is 14.7 Å². The van der Waals surface area contributed by atoms with E-state index in [0.717, 1.165) is 36.8 Å². The summed E-state index contributed by atoms with van der Waals surface area (Å²) in [7, 11) is 3.10. The number of carbonyl (C=O) groups excluding carboxylic acids is 2. The van der Waals surface area contributed by atoms with Gasteiger partial charge in [-0.2, -0.15) is 0 Å². The van der Waals surface area contributed by atoms with Crippen LogP contribution in [0.15, 0.2) is 53.6 Å². The number of fused-ring (bicyclic) bond motifs is 4. The molecule has 44 heavy (non-hydrogen) atoms. The van der Waals surface area contributed by atoms with Crippen molar-refractivity contribution >= 4 is 29.4 Å². The van der Waals surface area contributed by atoms with Gasteiger partial charge in [0, 0.05) is 37.0 Å². The lowest BCUT2D eigenvalue weighted by Crippen LogP contribution is -2.39. The zero-order valence-corrected chi connectivity index (χ0v) is 25.1. The highest BCUT2D eigenvalue weighted by Gasteiger charge is 2.41. The molecule has 1 unspecified atom stereocenters. The van der Waals surface area contributed by atoms with Gasteiger partial charge in [0.1, 0.15) is 6.23 Å². The Labute approximate surface area is 256 Å². The average Bonchev–Trinajstić information content (AvgIpc) is 3.55. The van der Waals surface area contributed by atoms with E-state index in [1.807, 2.05) is 6.21 Å². The van der Waals surface area contributed by atoms with Crippen LogP contribution in [0, 0.1) is 0 Å². The summed E-state index contributed by atoms with van der Waals surface area (Å²) in [6.07, 6.45) is 4.47. The van der Waals surface area contributed by atoms with E-state index in [1.165, 1.54) is 0 Å². The van der Waals surface area contributed by atoms with Crippen molar-refractivity contribution in [1.29, 1.82) is 0 Å². The number of carbonyl (C=O) groups is 2. The fraction of sp³-hybridized carbons (Fsp3) is 0.424. The number of hydrogen-bond acceptors (Lipinski definition) is 9. The lowest BCUT2D eigenvalue weighted by molar-refractivity contribution is -0.123. The molecule has 4 heterocycles. The summed E-state index contributed by atoms with van der Waals surface area (Å²) in [6, 6.07) is 6.38. The number of amides is 2. The molecule has 3 atom stereocenters. The molecule has 0 aliphatic carbocycles. The zero-order valence-electron chi connectivity index (χ0n) is 25.1. The van der Waals surface area contributed by atoms with Crippen molar-refractivity contribution in [3.05, 3.63) is 59.7 Å². The third kappa shape index (κ3) is 5.65. The maximum atomic E-state index is 13.2. The quantitative estimate of drug-likeness (QED) is 0.303. The largest absolute Gasteiger partial charge is 0.493 e. The minimum atomic E-state index is -0.959. The number of benzene rings is 2. The predicted molar refractivity (Wildman–Crippen MR) is 165 cm³/mol. The van der Waals surface area contributed by atoms with Crippen molar-refractivity contribution in [1.82, 2.24) is 9.80 Å². The van der Waals surface area contributed by atoms with Crippen molar-refractivity contribution in [2.75, 3.05) is 45.8 Å². The van der Waals surface area contributed by atoms with Gasteiger partial charge in [-0.05, 0) is 44.2 Å². The molecule has 2 amide bonds. The molecule has 2 fully saturated rings. The highest BCUT2D eigenvalue weighted by Crippen LogP contribution is 2.42. The SMILES string of the molecule is C=C1C[C@H]2C=Nc3cc(OCCCCCOc4cc5c(cc4OC)C(O)N4CC(=C)C[C@H]4C(=O)N5)c(OC)cc3C(=O)N2C1. The highest BCUT2D eigenvalue weighted by molar-refractivity contribution is 6.04. The number of anilines is 1. The van der Waals surface area contributed by atoms with E-state index in [-0.39, 0.29) is 17.9 Å². The van der Waals surface area contributed by atoms with Gasteiger partial charge in [-0.1, -0.05) is 24.3 Å². The third-order valence-corrected chi connectivity index (χ3v) is 8.53. The standard InChI is InChI=1S/C33H38N4O7/c1-19-10-21-16-34-24-14-29(27(41-3)12-22(24)32(39)36(21)17-19)43-8-6-5-7-9-44-30-15-25-23(13-28(30)42-4)33(40)37-18-20(2)11-26(37)31(38)35-25/h12-16,21,26,33,40H,1-2,5-11,17-18H2,3-4H3,(H,35,38)/t21-,26-,33?/m0/s1. The number of aliphatic hydroxyl groups excluding tert-OH is 1. The fourth-order valence-electron chi connectivity index (χ4n) is 6.24. The van der Waals surface area contributed by atoms with E-state index >= 15 is 0 Å². The summed E-state index contributed by atoms with van der Waals surface area (Å²) in [5.41, 5.74) is 4.08. The van der Waals surface area contributed by atoms with Gasteiger partial charge in [0.05, 0.1) is 56.5 Å². The Bertz CT molecular complexity index is 1540. The summed E-state index contributed by atoms with van der Waals surface area (Å²) < 4.78 is 23.2. The van der Waals surface area contributed by atoms with Crippen molar-refractivity contribution in [3.63, 3.8) is 0 Å². The Kier molecular flexibility index (Phi) is 8.33. The van der Waals surface area contributed by atoms with Gasteiger partial charge < -0.3 is 34.3 Å². The smallest absolute Gasteiger partial charge is 0.257 e. The van der Waals surface area contributed by atoms with Crippen LogP contribution in [0.1, 0.15) is 54.3 Å². The summed E-state index contributed by atoms with van der Waals surface area (Å²) >= 11 is 0. The van der Waals surface area contributed by atoms with Crippen LogP contribution in [0.4, 0.5) is 11.4 Å². The Hall–Kier alpha value is -4.35. The Morgan fingerprint density at radius 3 is 2.32 bits per heavy atom. The van der Waals surface area contributed by atoms with Gasteiger partial charge in [-0.3, -0.25) is 19.5 Å². The zero-order chi connectivity index (χ0) is 31.0. The van der Waals surface area contributed by atoms with Gasteiger partial charge in [0.2, 0.25) is 5.91 Å². The van der Waals surface area contributed by atoms with E-state index < -0.39 is 12.3 Å². The summed E-state index contributed by atoms with van der Waals surface area (Å²) in [4.78, 5) is 34.1. The molecule has 0 saturated carbocycles. The minimum Gasteiger partial charge on any atom is -0.493 e. The molecule has 2 aromatic carbocycles. The minimum absolute atomic E-state index is 0.0744. The number of hydrogen-bond donors (Lipinski definition) is 2. The summed E-state index contributed by atoms with van der Waals surface area (Å²) in [5.74, 6) is 1.76. The molecule has 2 N–H and O–H groups in total. The summed E-state index contributed by atoms with van der Waals surface area (Å²) in [6.45, 7) is 9.90. The first-order valence-electron chi connectivity index (χ1n) is 14.9. The number of rotatable bonds is 10. The second kappa shape index (κ2) is 12.3. The van der Waals surface area contributed by atoms with E-state index in [0.29, 0.717) is 78.2 Å². The average molecular weight is 603 g/mol. The Morgan fingerprint density at radius 1 is 0.909 bits per heavy atom. The van der Waals surface area contributed by atoms with Gasteiger partial charge in [-0.25, -0.2) is 0 Å². The Balaban J connectivity index is 1.02. The molecule has 0 spiro atoms. The lowest BCUT2D eigenvalue weighted by atomic mass is 10.1. The van der Waals surface area contributed by atoms with Crippen molar-refractivity contribution in [2.24, 2.45) is 4.99 Å². The second-order valence-electron chi connectivity index (χ2n) is 11.6. The molecule has 0 aromatic heterocycles. The molecule has 0 radical (unpaired) electrons. The van der Waals surface area contributed by atoms with Crippen LogP contribution in [-0.4, -0.2) is 85.5 Å². The number of ether oxygens (including phenoxy) is 4. The Morgan fingerprint density at radius 2 is 1.59 bits per heavy atom. The molecule has 11 nitrogen and oxygen atoms in total. The number of nitrogens with zero attached hydrogens (tertiary/aromatic N) is 3. The summed E-state index contributed by atoms with van der Waals surface area (Å²) in [5, 5.41) is 14.0. The lowest BCUT2D eigenvalue weighted by Gasteiger charge is -2.25. The molecule has 6 rings (SSSR count). The van der Waals surface area contributed by atoms with E-state index in [4.69, 9.17) is 18.9 Å². The normalized spacial score (nSPS) is 22.4. The van der Waals surface area contributed by atoms with Gasteiger partial charge >= 0.3 is 0 Å². The van der Waals surface area contributed by atoms with Crippen molar-refractivity contribution < 1.29 is 33.6 Å². The predicted octanol–water partition coefficient (Wildman–Crippen LogP) is 4.39. The highest BCUT2D eigenvalue weighted by atomic mass is 16.5. The first-order chi connectivity index (χ1) is 21.3. The molecule has 2 saturated heterocycles. The van der Waals surface area contributed by atoms with Crippen LogP contribution in [0.2, 0.25) is 0 Å². The molecule has 0 bridgehead atoms. The van der Waals surface area contributed by atoms with Crippen LogP contribution in [-0.2, 0) is 4.79 Å². The van der Waals surface area contributed by atoms with Gasteiger partial charge in [0.15, 0.2) is 23.0 Å². The maximum absolute atomic E-state index is 13.2. The number of aliphatic imine (C=N–C) groups is 1. The van der Waals surface area contributed by atoms with Crippen molar-refractivity contribution in [2.45, 2.75) is 50.4 Å². The number of unbranched alkanes of at least 4 members (excludes halogenated alkanes) is 2. The fourth-order valence-corrected chi connectivity index (χ4v) is 6.24. The number of aliphatic hydroxyl groups is 1. The molecular formula is C33H38N4O7. The van der Waals surface area contributed by atoms with E-state index in [1.54, 1.807) is 48.3 Å². The molecular weight excluding hydrogens is 564 g/mol.